The first-order chi connectivity index (χ1) is 17.3. The van der Waals surface area contributed by atoms with Gasteiger partial charge in [0.25, 0.3) is 0 Å². The van der Waals surface area contributed by atoms with Gasteiger partial charge in [0.05, 0.1) is 29.6 Å². The Kier molecular flexibility index (Phi) is 6.70. The molecule has 5 rings (SSSR count). The van der Waals surface area contributed by atoms with Crippen molar-refractivity contribution in [3.05, 3.63) is 53.1 Å². The first-order valence-electron chi connectivity index (χ1n) is 12.2. The number of rotatable bonds is 7. The number of amidine groups is 1. The third-order valence-corrected chi connectivity index (χ3v) is 6.69. The highest BCUT2D eigenvalue weighted by atomic mass is 19.4. The molecule has 7 nitrogen and oxygen atoms in total. The first-order valence-corrected chi connectivity index (χ1v) is 12.2. The second-order valence-electron chi connectivity index (χ2n) is 9.27. The zero-order chi connectivity index (χ0) is 25.3. The highest BCUT2D eigenvalue weighted by Gasteiger charge is 2.33. The molecular weight excluding hydrogens is 471 g/mol. The highest BCUT2D eigenvalue weighted by molar-refractivity contribution is 6.51. The van der Waals surface area contributed by atoms with Crippen LogP contribution in [0.4, 0.5) is 29.3 Å². The number of ether oxygens (including phenoxy) is 1. The number of nitrogens with one attached hydrogen (secondary N) is 2. The van der Waals surface area contributed by atoms with Gasteiger partial charge in [0.1, 0.15) is 11.5 Å². The molecule has 2 amide bonds. The Morgan fingerprint density at radius 3 is 2.72 bits per heavy atom. The summed E-state index contributed by atoms with van der Waals surface area (Å²) in [5, 5.41) is 5.80. The Bertz CT molecular complexity index is 1220. The Labute approximate surface area is 207 Å². The van der Waals surface area contributed by atoms with Crippen LogP contribution >= 0.6 is 0 Å². The molecule has 2 N–H and O–H groups in total. The maximum atomic E-state index is 13.3. The number of amides is 2. The lowest BCUT2D eigenvalue weighted by Crippen LogP contribution is -2.50. The van der Waals surface area contributed by atoms with Crippen LogP contribution in [0.15, 0.2) is 46.4 Å². The fourth-order valence-electron chi connectivity index (χ4n) is 4.88. The van der Waals surface area contributed by atoms with Gasteiger partial charge in [-0.25, -0.2) is 9.79 Å². The first kappa shape index (κ1) is 24.3. The van der Waals surface area contributed by atoms with Gasteiger partial charge in [0, 0.05) is 25.7 Å². The fraction of sp³-hybridized carbons (Fsp3) is 0.423. The maximum absolute atomic E-state index is 13.3. The van der Waals surface area contributed by atoms with Gasteiger partial charge in [0.2, 0.25) is 0 Å². The van der Waals surface area contributed by atoms with Gasteiger partial charge in [-0.15, -0.1) is 0 Å². The van der Waals surface area contributed by atoms with Crippen molar-refractivity contribution in [2.45, 2.75) is 51.4 Å². The van der Waals surface area contributed by atoms with E-state index in [2.05, 4.69) is 15.6 Å². The molecular formula is C26H28F3N5O2. The summed E-state index contributed by atoms with van der Waals surface area (Å²) in [7, 11) is 0. The van der Waals surface area contributed by atoms with Crippen molar-refractivity contribution in [1.82, 2.24) is 10.6 Å². The minimum atomic E-state index is -4.41. The zero-order valence-corrected chi connectivity index (χ0v) is 20.0. The summed E-state index contributed by atoms with van der Waals surface area (Å²) in [4.78, 5) is 22.8. The average molecular weight is 500 g/mol. The number of anilines is 1. The van der Waals surface area contributed by atoms with Crippen LogP contribution < -0.4 is 20.3 Å². The van der Waals surface area contributed by atoms with Crippen LogP contribution in [-0.2, 0) is 12.7 Å². The van der Waals surface area contributed by atoms with E-state index in [0.29, 0.717) is 24.6 Å². The number of urea groups is 1. The highest BCUT2D eigenvalue weighted by Crippen LogP contribution is 2.40. The van der Waals surface area contributed by atoms with Gasteiger partial charge < -0.3 is 20.3 Å². The van der Waals surface area contributed by atoms with Gasteiger partial charge in [-0.3, -0.25) is 0 Å². The predicted molar refractivity (Wildman–Crippen MR) is 132 cm³/mol. The number of carbonyl (C=O) groups excluding carboxylic acids is 1. The van der Waals surface area contributed by atoms with Crippen LogP contribution in [0.5, 0.6) is 5.75 Å². The number of benzene rings is 2. The lowest BCUT2D eigenvalue weighted by Gasteiger charge is -2.34. The van der Waals surface area contributed by atoms with Crippen LogP contribution in [-0.4, -0.2) is 43.3 Å². The molecule has 0 spiro atoms. The predicted octanol–water partition coefficient (Wildman–Crippen LogP) is 5.14. The molecule has 0 radical (unpaired) electrons. The SMILES string of the molecule is Cc1cc2c(cc1OC1CCCC1)N(CCNCc1ccccc1C(F)(F)F)C1=NC(=O)NCC1=N2. The number of halogens is 3. The van der Waals surface area contributed by atoms with Gasteiger partial charge >= 0.3 is 12.2 Å². The third kappa shape index (κ3) is 5.09. The van der Waals surface area contributed by atoms with Gasteiger partial charge in [-0.2, -0.15) is 18.2 Å². The van der Waals surface area contributed by atoms with E-state index in [1.54, 1.807) is 6.07 Å². The van der Waals surface area contributed by atoms with Gasteiger partial charge in [-0.05, 0) is 55.9 Å². The standard InChI is InChI=1S/C26H28F3N5O2/c1-16-12-20-22(13-23(16)36-18-7-3-4-8-18)34(24-21(32-20)15-31-25(35)33-24)11-10-30-14-17-6-2-5-9-19(17)26(27,28)29/h2,5-6,9,12-13,18,30H,3-4,7-8,10-11,14-15H2,1H3,(H,31,35). The summed E-state index contributed by atoms with van der Waals surface area (Å²) in [5.74, 6) is 1.23. The fourth-order valence-corrected chi connectivity index (χ4v) is 4.88. The number of hydrogen-bond donors (Lipinski definition) is 2. The second-order valence-corrected chi connectivity index (χ2v) is 9.27. The largest absolute Gasteiger partial charge is 0.490 e. The van der Waals surface area contributed by atoms with E-state index in [-0.39, 0.29) is 24.8 Å². The molecule has 2 heterocycles. The van der Waals surface area contributed by atoms with E-state index in [9.17, 15) is 18.0 Å². The normalized spacial score (nSPS) is 17.8. The molecule has 36 heavy (non-hydrogen) atoms. The molecule has 2 aromatic carbocycles. The van der Waals surface area contributed by atoms with Crippen LogP contribution in [0.2, 0.25) is 0 Å². The molecule has 0 bridgehead atoms. The van der Waals surface area contributed by atoms with Crippen molar-refractivity contribution in [3.8, 4) is 5.75 Å². The molecule has 2 aromatic rings. The molecule has 1 fully saturated rings. The van der Waals surface area contributed by atoms with Crippen LogP contribution in [0.3, 0.4) is 0 Å². The van der Waals surface area contributed by atoms with Crippen LogP contribution in [0.1, 0.15) is 42.4 Å². The molecule has 10 heteroatoms. The number of nitrogens with zero attached hydrogens (tertiary/aromatic N) is 3. The topological polar surface area (TPSA) is 78.3 Å². The number of alkyl halides is 3. The van der Waals surface area contributed by atoms with Crippen molar-refractivity contribution in [2.75, 3.05) is 24.5 Å². The quantitative estimate of drug-likeness (QED) is 0.517. The smallest absolute Gasteiger partial charge is 0.416 e. The molecule has 0 aromatic heterocycles. The molecule has 0 saturated heterocycles. The van der Waals surface area contributed by atoms with Crippen molar-refractivity contribution in [1.29, 1.82) is 0 Å². The summed E-state index contributed by atoms with van der Waals surface area (Å²) >= 11 is 0. The zero-order valence-electron chi connectivity index (χ0n) is 20.0. The van der Waals surface area contributed by atoms with Crippen molar-refractivity contribution >= 4 is 29.0 Å². The number of carbonyl (C=O) groups is 1. The summed E-state index contributed by atoms with van der Waals surface area (Å²) in [6, 6.07) is 9.01. The maximum Gasteiger partial charge on any atom is 0.416 e. The molecule has 1 saturated carbocycles. The summed E-state index contributed by atoms with van der Waals surface area (Å²) < 4.78 is 46.3. The van der Waals surface area contributed by atoms with E-state index in [1.165, 1.54) is 12.1 Å². The number of aryl methyl sites for hydroxylation is 1. The Morgan fingerprint density at radius 1 is 1.17 bits per heavy atom. The lowest BCUT2D eigenvalue weighted by molar-refractivity contribution is -0.138. The second kappa shape index (κ2) is 9.93. The van der Waals surface area contributed by atoms with E-state index in [4.69, 9.17) is 9.73 Å². The average Bonchev–Trinajstić information content (AvgIpc) is 3.35. The molecule has 1 aliphatic carbocycles. The summed E-state index contributed by atoms with van der Waals surface area (Å²) in [6.45, 7) is 3.07. The molecule has 3 aliphatic rings. The molecule has 0 atom stereocenters. The van der Waals surface area contributed by atoms with E-state index >= 15 is 0 Å². The lowest BCUT2D eigenvalue weighted by atomic mass is 10.1. The van der Waals surface area contributed by atoms with Gasteiger partial charge in [-0.1, -0.05) is 18.2 Å². The van der Waals surface area contributed by atoms with Crippen LogP contribution in [0.25, 0.3) is 0 Å². The number of fused-ring (bicyclic) bond motifs is 2. The third-order valence-electron chi connectivity index (χ3n) is 6.69. The van der Waals surface area contributed by atoms with Crippen molar-refractivity contribution < 1.29 is 22.7 Å². The van der Waals surface area contributed by atoms with Crippen molar-refractivity contribution in [2.24, 2.45) is 9.98 Å². The molecule has 2 aliphatic heterocycles. The Morgan fingerprint density at radius 2 is 1.94 bits per heavy atom. The summed E-state index contributed by atoms with van der Waals surface area (Å²) in [5.41, 5.74) is 2.68. The molecule has 190 valence electrons. The Hall–Kier alpha value is -3.40. The monoisotopic (exact) mass is 499 g/mol. The molecule has 0 unspecified atom stereocenters. The van der Waals surface area contributed by atoms with E-state index < -0.39 is 17.8 Å². The van der Waals surface area contributed by atoms with Gasteiger partial charge in [0.15, 0.2) is 5.84 Å². The minimum Gasteiger partial charge on any atom is -0.490 e. The number of aliphatic imine (C=N–C) groups is 2. The van der Waals surface area contributed by atoms with Crippen LogP contribution in [0, 0.1) is 6.92 Å². The Balaban J connectivity index is 1.37. The minimum absolute atomic E-state index is 0.0637. The summed E-state index contributed by atoms with van der Waals surface area (Å²) in [6.07, 6.45) is 0.142. The number of hydrogen-bond acceptors (Lipinski definition) is 5. The van der Waals surface area contributed by atoms with E-state index in [1.807, 2.05) is 24.0 Å². The van der Waals surface area contributed by atoms with E-state index in [0.717, 1.165) is 54.4 Å². The van der Waals surface area contributed by atoms with Crippen molar-refractivity contribution in [3.63, 3.8) is 0 Å².